The topological polar surface area (TPSA) is 75.3 Å². The van der Waals surface area contributed by atoms with Gasteiger partial charge < -0.3 is 5.32 Å². The Kier molecular flexibility index (Phi) is 3.94. The van der Waals surface area contributed by atoms with E-state index >= 15 is 0 Å². The van der Waals surface area contributed by atoms with Gasteiger partial charge in [0.2, 0.25) is 11.8 Å². The molecule has 1 aliphatic heterocycles. The molecule has 1 unspecified atom stereocenters. The fourth-order valence-corrected chi connectivity index (χ4v) is 2.01. The summed E-state index contributed by atoms with van der Waals surface area (Å²) in [6.07, 6.45) is 1.45. The van der Waals surface area contributed by atoms with Gasteiger partial charge in [-0.3, -0.25) is 19.7 Å². The van der Waals surface area contributed by atoms with Gasteiger partial charge in [0, 0.05) is 12.0 Å². The molecule has 1 atom stereocenters. The highest BCUT2D eigenvalue weighted by atomic mass is 16.2. The summed E-state index contributed by atoms with van der Waals surface area (Å²) in [4.78, 5) is 34.6. The number of aryl methyl sites for hydroxylation is 1. The molecule has 1 aromatic rings. The first-order valence-corrected chi connectivity index (χ1v) is 6.33. The van der Waals surface area contributed by atoms with Gasteiger partial charge in [-0.15, -0.1) is 0 Å². The lowest BCUT2D eigenvalue weighted by atomic mass is 10.0. The van der Waals surface area contributed by atoms with Gasteiger partial charge in [0.15, 0.2) is 0 Å². The number of hydrogen-bond acceptors (Lipinski definition) is 3. The zero-order valence-corrected chi connectivity index (χ0v) is 10.7. The van der Waals surface area contributed by atoms with E-state index in [1.165, 1.54) is 0 Å². The van der Waals surface area contributed by atoms with Crippen molar-refractivity contribution in [1.82, 2.24) is 10.6 Å². The highest BCUT2D eigenvalue weighted by molar-refractivity contribution is 6.03. The zero-order valence-electron chi connectivity index (χ0n) is 10.7. The van der Waals surface area contributed by atoms with Crippen molar-refractivity contribution in [1.29, 1.82) is 0 Å². The maximum absolute atomic E-state index is 12.0. The van der Waals surface area contributed by atoms with Gasteiger partial charge in [-0.2, -0.15) is 0 Å². The third-order valence-electron chi connectivity index (χ3n) is 3.14. The Morgan fingerprint density at radius 2 is 2.21 bits per heavy atom. The first-order chi connectivity index (χ1) is 9.10. The predicted octanol–water partition coefficient (Wildman–Crippen LogP) is 0.784. The highest BCUT2D eigenvalue weighted by Crippen LogP contribution is 2.09. The zero-order chi connectivity index (χ0) is 13.8. The fraction of sp³-hybridized carbons (Fsp3) is 0.357. The van der Waals surface area contributed by atoms with Crippen LogP contribution in [0.15, 0.2) is 24.3 Å². The lowest BCUT2D eigenvalue weighted by molar-refractivity contribution is -0.134. The normalized spacial score (nSPS) is 18.9. The summed E-state index contributed by atoms with van der Waals surface area (Å²) in [5.41, 5.74) is 1.60. The minimum Gasteiger partial charge on any atom is -0.340 e. The Morgan fingerprint density at radius 1 is 1.42 bits per heavy atom. The predicted molar refractivity (Wildman–Crippen MR) is 69.5 cm³/mol. The second-order valence-corrected chi connectivity index (χ2v) is 4.53. The van der Waals surface area contributed by atoms with E-state index in [1.807, 2.05) is 19.1 Å². The molecule has 1 aromatic carbocycles. The second-order valence-electron chi connectivity index (χ2n) is 4.53. The van der Waals surface area contributed by atoms with E-state index in [-0.39, 0.29) is 18.2 Å². The fourth-order valence-electron chi connectivity index (χ4n) is 2.01. The minimum atomic E-state index is -0.629. The first-order valence-electron chi connectivity index (χ1n) is 6.33. The van der Waals surface area contributed by atoms with Gasteiger partial charge in [-0.1, -0.05) is 19.1 Å². The lowest BCUT2D eigenvalue weighted by Gasteiger charge is -2.21. The summed E-state index contributed by atoms with van der Waals surface area (Å²) in [7, 11) is 0. The van der Waals surface area contributed by atoms with Crippen molar-refractivity contribution in [2.45, 2.75) is 32.2 Å². The Hall–Kier alpha value is -2.17. The molecule has 1 aliphatic rings. The molecule has 0 saturated carbocycles. The highest BCUT2D eigenvalue weighted by Gasteiger charge is 2.27. The van der Waals surface area contributed by atoms with Crippen LogP contribution in [0.1, 0.15) is 35.7 Å². The summed E-state index contributed by atoms with van der Waals surface area (Å²) in [5.74, 6) is -1.01. The Balaban J connectivity index is 2.04. The molecule has 1 heterocycles. The van der Waals surface area contributed by atoms with Crippen molar-refractivity contribution in [3.8, 4) is 0 Å². The van der Waals surface area contributed by atoms with Crippen LogP contribution in [0.5, 0.6) is 0 Å². The van der Waals surface area contributed by atoms with Crippen LogP contribution in [0.2, 0.25) is 0 Å². The number of carbonyl (C=O) groups is 3. The summed E-state index contributed by atoms with van der Waals surface area (Å²) >= 11 is 0. The molecule has 5 nitrogen and oxygen atoms in total. The number of carbonyl (C=O) groups excluding carboxylic acids is 3. The van der Waals surface area contributed by atoms with Crippen molar-refractivity contribution < 1.29 is 14.4 Å². The standard InChI is InChI=1S/C14H16N2O3/c1-2-9-4-3-5-10(8-9)13(18)15-11-6-7-12(17)16-14(11)19/h3-5,8,11H,2,6-7H2,1H3,(H,15,18)(H,16,17,19). The SMILES string of the molecule is CCc1cccc(C(=O)NC2CCC(=O)NC2=O)c1. The molecule has 100 valence electrons. The van der Waals surface area contributed by atoms with E-state index in [4.69, 9.17) is 0 Å². The second kappa shape index (κ2) is 5.65. The monoisotopic (exact) mass is 260 g/mol. The molecule has 0 aromatic heterocycles. The summed E-state index contributed by atoms with van der Waals surface area (Å²) in [6, 6.07) is 6.65. The maximum atomic E-state index is 12.0. The first kappa shape index (κ1) is 13.3. The molecule has 0 aliphatic carbocycles. The molecule has 2 rings (SSSR count). The van der Waals surface area contributed by atoms with Gasteiger partial charge in [0.1, 0.15) is 6.04 Å². The van der Waals surface area contributed by atoms with Gasteiger partial charge in [-0.05, 0) is 30.5 Å². The van der Waals surface area contributed by atoms with Gasteiger partial charge in [-0.25, -0.2) is 0 Å². The number of benzene rings is 1. The van der Waals surface area contributed by atoms with Crippen molar-refractivity contribution in [3.63, 3.8) is 0 Å². The Bertz CT molecular complexity index is 525. The molecule has 1 fully saturated rings. The molecule has 0 radical (unpaired) electrons. The number of hydrogen-bond donors (Lipinski definition) is 2. The van der Waals surface area contributed by atoms with Gasteiger partial charge in [0.05, 0.1) is 0 Å². The summed E-state index contributed by atoms with van der Waals surface area (Å²) < 4.78 is 0. The number of piperidine rings is 1. The van der Waals surface area contributed by atoms with Crippen molar-refractivity contribution in [2.75, 3.05) is 0 Å². The van der Waals surface area contributed by atoms with Gasteiger partial charge in [0.25, 0.3) is 5.91 Å². The molecule has 0 bridgehead atoms. The van der Waals surface area contributed by atoms with Crippen LogP contribution in [-0.4, -0.2) is 23.8 Å². The summed E-state index contributed by atoms with van der Waals surface area (Å²) in [6.45, 7) is 2.01. The molecular weight excluding hydrogens is 244 g/mol. The minimum absolute atomic E-state index is 0.256. The van der Waals surface area contributed by atoms with E-state index in [9.17, 15) is 14.4 Å². The van der Waals surface area contributed by atoms with E-state index in [1.54, 1.807) is 12.1 Å². The van der Waals surface area contributed by atoms with Crippen LogP contribution < -0.4 is 10.6 Å². The lowest BCUT2D eigenvalue weighted by Crippen LogP contribution is -2.52. The Morgan fingerprint density at radius 3 is 2.89 bits per heavy atom. The van der Waals surface area contributed by atoms with Crippen LogP contribution in [-0.2, 0) is 16.0 Å². The van der Waals surface area contributed by atoms with Crippen molar-refractivity contribution in [3.05, 3.63) is 35.4 Å². The number of imide groups is 1. The molecule has 0 spiro atoms. The molecule has 2 N–H and O–H groups in total. The van der Waals surface area contributed by atoms with Crippen LogP contribution in [0.3, 0.4) is 0 Å². The van der Waals surface area contributed by atoms with E-state index < -0.39 is 11.9 Å². The molecule has 1 saturated heterocycles. The molecule has 3 amide bonds. The van der Waals surface area contributed by atoms with E-state index in [2.05, 4.69) is 10.6 Å². The average Bonchev–Trinajstić information content (AvgIpc) is 2.42. The van der Waals surface area contributed by atoms with E-state index in [0.29, 0.717) is 12.0 Å². The van der Waals surface area contributed by atoms with Crippen molar-refractivity contribution in [2.24, 2.45) is 0 Å². The van der Waals surface area contributed by atoms with Crippen LogP contribution in [0.4, 0.5) is 0 Å². The number of rotatable bonds is 3. The molecular formula is C14H16N2O3. The average molecular weight is 260 g/mol. The van der Waals surface area contributed by atoms with E-state index in [0.717, 1.165) is 12.0 Å². The molecule has 19 heavy (non-hydrogen) atoms. The molecule has 5 heteroatoms. The van der Waals surface area contributed by atoms with Crippen LogP contribution >= 0.6 is 0 Å². The van der Waals surface area contributed by atoms with Crippen LogP contribution in [0.25, 0.3) is 0 Å². The largest absolute Gasteiger partial charge is 0.340 e. The number of amides is 3. The third kappa shape index (κ3) is 3.19. The smallest absolute Gasteiger partial charge is 0.251 e. The quantitative estimate of drug-likeness (QED) is 0.789. The Labute approximate surface area is 111 Å². The summed E-state index contributed by atoms with van der Waals surface area (Å²) in [5, 5.41) is 4.87. The van der Waals surface area contributed by atoms with Crippen molar-refractivity contribution >= 4 is 17.7 Å². The maximum Gasteiger partial charge on any atom is 0.251 e. The number of nitrogens with one attached hydrogen (secondary N) is 2. The van der Waals surface area contributed by atoms with Crippen LogP contribution in [0, 0.1) is 0 Å². The third-order valence-corrected chi connectivity index (χ3v) is 3.14. The van der Waals surface area contributed by atoms with Gasteiger partial charge >= 0.3 is 0 Å².